The van der Waals surface area contributed by atoms with E-state index in [2.05, 4.69) is 5.32 Å². The maximum atomic E-state index is 14.4. The van der Waals surface area contributed by atoms with Crippen LogP contribution in [0.3, 0.4) is 0 Å². The third-order valence-corrected chi connectivity index (χ3v) is 6.26. The Kier molecular flexibility index (Phi) is 9.43. The fraction of sp³-hybridized carbons (Fsp3) is 0.417. The van der Waals surface area contributed by atoms with Crippen molar-refractivity contribution in [2.75, 3.05) is 24.2 Å². The summed E-state index contributed by atoms with van der Waals surface area (Å²) >= 11 is 0. The Balaban J connectivity index is 2.44. The molecule has 0 heterocycles. The number of halogens is 1. The van der Waals surface area contributed by atoms with Gasteiger partial charge in [-0.2, -0.15) is 0 Å². The van der Waals surface area contributed by atoms with Gasteiger partial charge >= 0.3 is 0 Å². The van der Waals surface area contributed by atoms with Gasteiger partial charge in [-0.1, -0.05) is 31.2 Å². The molecule has 186 valence electrons. The van der Waals surface area contributed by atoms with Crippen molar-refractivity contribution >= 4 is 27.5 Å². The monoisotopic (exact) mass is 493 g/mol. The highest BCUT2D eigenvalue weighted by molar-refractivity contribution is 7.92. The molecule has 0 aliphatic carbocycles. The van der Waals surface area contributed by atoms with Crippen LogP contribution in [0.15, 0.2) is 48.5 Å². The number of hydrogen-bond acceptors (Lipinski definition) is 5. The average Bonchev–Trinajstić information content (AvgIpc) is 2.77. The topological polar surface area (TPSA) is 96.0 Å². The molecule has 1 atom stereocenters. The number of benzene rings is 2. The number of carbonyl (C=O) groups is 2. The van der Waals surface area contributed by atoms with E-state index in [4.69, 9.17) is 4.74 Å². The van der Waals surface area contributed by atoms with E-state index in [1.54, 1.807) is 31.2 Å². The molecule has 0 fully saturated rings. The van der Waals surface area contributed by atoms with E-state index in [-0.39, 0.29) is 24.2 Å². The van der Waals surface area contributed by atoms with Gasteiger partial charge in [-0.25, -0.2) is 12.8 Å². The van der Waals surface area contributed by atoms with E-state index < -0.39 is 34.3 Å². The number of ether oxygens (including phenoxy) is 1. The highest BCUT2D eigenvalue weighted by Crippen LogP contribution is 2.23. The van der Waals surface area contributed by atoms with Gasteiger partial charge < -0.3 is 15.0 Å². The van der Waals surface area contributed by atoms with Crippen LogP contribution < -0.4 is 14.4 Å². The van der Waals surface area contributed by atoms with Gasteiger partial charge in [0.15, 0.2) is 0 Å². The summed E-state index contributed by atoms with van der Waals surface area (Å²) in [5.41, 5.74) is 0.490. The van der Waals surface area contributed by atoms with Crippen LogP contribution in [0.1, 0.15) is 32.8 Å². The molecule has 8 nitrogen and oxygen atoms in total. The summed E-state index contributed by atoms with van der Waals surface area (Å²) in [6, 6.07) is 11.3. The summed E-state index contributed by atoms with van der Waals surface area (Å²) in [6.07, 6.45) is 1.21. The lowest BCUT2D eigenvalue weighted by Gasteiger charge is -2.33. The Labute approximate surface area is 200 Å². The Hall–Kier alpha value is -3.14. The zero-order chi connectivity index (χ0) is 25.5. The second-order valence-electron chi connectivity index (χ2n) is 8.18. The van der Waals surface area contributed by atoms with E-state index >= 15 is 0 Å². The number of nitrogens with zero attached hydrogens (tertiary/aromatic N) is 2. The Bertz CT molecular complexity index is 1090. The number of carbonyl (C=O) groups excluding carboxylic acids is 2. The average molecular weight is 494 g/mol. The van der Waals surface area contributed by atoms with Crippen molar-refractivity contribution in [3.63, 3.8) is 0 Å². The van der Waals surface area contributed by atoms with Crippen molar-refractivity contribution < 1.29 is 27.1 Å². The lowest BCUT2D eigenvalue weighted by Crippen LogP contribution is -2.53. The van der Waals surface area contributed by atoms with Gasteiger partial charge in [0.1, 0.15) is 24.2 Å². The summed E-state index contributed by atoms with van der Waals surface area (Å²) in [7, 11) is -2.46. The number of sulfonamides is 1. The first kappa shape index (κ1) is 27.1. The molecule has 10 heteroatoms. The van der Waals surface area contributed by atoms with E-state index in [0.717, 1.165) is 22.2 Å². The predicted molar refractivity (Wildman–Crippen MR) is 129 cm³/mol. The van der Waals surface area contributed by atoms with Crippen molar-refractivity contribution in [1.29, 1.82) is 0 Å². The third kappa shape index (κ3) is 7.18. The standard InChI is InChI=1S/C24H32FN3O5S/c1-6-21(24(30)26-17(2)3)27(15-18-11-13-19(33-4)14-12-18)23(29)16-28(34(5,31)32)22-10-8-7-9-20(22)25/h7-14,17,21H,6,15-16H2,1-5H3,(H,26,30)/t21-/m1/s1. The lowest BCUT2D eigenvalue weighted by molar-refractivity contribution is -0.140. The van der Waals surface area contributed by atoms with Gasteiger partial charge in [-0.15, -0.1) is 0 Å². The summed E-state index contributed by atoms with van der Waals surface area (Å²) in [5.74, 6) is -1.12. The van der Waals surface area contributed by atoms with E-state index in [1.165, 1.54) is 30.2 Å². The number of methoxy groups -OCH3 is 1. The number of hydrogen-bond donors (Lipinski definition) is 1. The zero-order valence-electron chi connectivity index (χ0n) is 20.1. The molecule has 34 heavy (non-hydrogen) atoms. The van der Waals surface area contributed by atoms with Gasteiger partial charge in [0.25, 0.3) is 0 Å². The zero-order valence-corrected chi connectivity index (χ0v) is 20.9. The minimum atomic E-state index is -3.99. The SMILES string of the molecule is CC[C@H](C(=O)NC(C)C)N(Cc1ccc(OC)cc1)C(=O)CN(c1ccccc1F)S(C)(=O)=O. The van der Waals surface area contributed by atoms with Crippen molar-refractivity contribution in [2.24, 2.45) is 0 Å². The first-order chi connectivity index (χ1) is 16.0. The van der Waals surface area contributed by atoms with E-state index in [9.17, 15) is 22.4 Å². The molecule has 2 aromatic carbocycles. The molecule has 1 N–H and O–H groups in total. The summed E-state index contributed by atoms with van der Waals surface area (Å²) in [4.78, 5) is 27.7. The van der Waals surface area contributed by atoms with Crippen molar-refractivity contribution in [3.05, 3.63) is 59.9 Å². The van der Waals surface area contributed by atoms with Crippen molar-refractivity contribution in [2.45, 2.75) is 45.8 Å². The van der Waals surface area contributed by atoms with Crippen LogP contribution >= 0.6 is 0 Å². The number of anilines is 1. The molecule has 0 spiro atoms. The number of nitrogens with one attached hydrogen (secondary N) is 1. The fourth-order valence-corrected chi connectivity index (χ4v) is 4.33. The first-order valence-corrected chi connectivity index (χ1v) is 12.8. The Morgan fingerprint density at radius 1 is 1.09 bits per heavy atom. The molecule has 0 unspecified atom stereocenters. The van der Waals surface area contributed by atoms with Crippen LogP contribution in [0.25, 0.3) is 0 Å². The number of rotatable bonds is 11. The molecular formula is C24H32FN3O5S. The molecule has 0 saturated carbocycles. The molecular weight excluding hydrogens is 461 g/mol. The summed E-state index contributed by atoms with van der Waals surface area (Å²) in [6.45, 7) is 4.79. The molecule has 0 aliphatic heterocycles. The summed E-state index contributed by atoms with van der Waals surface area (Å²) < 4.78 is 45.3. The lowest BCUT2D eigenvalue weighted by atomic mass is 10.1. The van der Waals surface area contributed by atoms with Crippen LogP contribution in [0.2, 0.25) is 0 Å². The van der Waals surface area contributed by atoms with Gasteiger partial charge in [0.05, 0.1) is 19.1 Å². The second kappa shape index (κ2) is 11.8. The minimum absolute atomic E-state index is 0.0573. The molecule has 2 amide bonds. The number of para-hydroxylation sites is 1. The third-order valence-electron chi connectivity index (χ3n) is 5.13. The van der Waals surface area contributed by atoms with Gasteiger partial charge in [0.2, 0.25) is 21.8 Å². The molecule has 0 bridgehead atoms. The van der Waals surface area contributed by atoms with Gasteiger partial charge in [0, 0.05) is 12.6 Å². The Morgan fingerprint density at radius 3 is 2.21 bits per heavy atom. The predicted octanol–water partition coefficient (Wildman–Crippen LogP) is 2.93. The van der Waals surface area contributed by atoms with Crippen LogP contribution in [-0.4, -0.2) is 57.1 Å². The summed E-state index contributed by atoms with van der Waals surface area (Å²) in [5, 5.41) is 2.81. The van der Waals surface area contributed by atoms with Crippen molar-refractivity contribution in [3.8, 4) is 5.75 Å². The normalized spacial score (nSPS) is 12.2. The van der Waals surface area contributed by atoms with Crippen molar-refractivity contribution in [1.82, 2.24) is 10.2 Å². The highest BCUT2D eigenvalue weighted by Gasteiger charge is 2.32. The quantitative estimate of drug-likeness (QED) is 0.519. The molecule has 0 radical (unpaired) electrons. The van der Waals surface area contributed by atoms with E-state index in [1.807, 2.05) is 13.8 Å². The first-order valence-electron chi connectivity index (χ1n) is 10.9. The van der Waals surface area contributed by atoms with Gasteiger partial charge in [-0.3, -0.25) is 13.9 Å². The molecule has 0 aliphatic rings. The largest absolute Gasteiger partial charge is 0.497 e. The second-order valence-corrected chi connectivity index (χ2v) is 10.1. The van der Waals surface area contributed by atoms with Crippen LogP contribution in [0.4, 0.5) is 10.1 Å². The number of amides is 2. The molecule has 0 aromatic heterocycles. The Morgan fingerprint density at radius 2 is 1.71 bits per heavy atom. The maximum absolute atomic E-state index is 14.4. The van der Waals surface area contributed by atoms with Crippen LogP contribution in [0, 0.1) is 5.82 Å². The highest BCUT2D eigenvalue weighted by atomic mass is 32.2. The molecule has 0 saturated heterocycles. The molecule has 2 rings (SSSR count). The van der Waals surface area contributed by atoms with E-state index in [0.29, 0.717) is 12.2 Å². The fourth-order valence-electron chi connectivity index (χ4n) is 3.48. The van der Waals surface area contributed by atoms with Crippen LogP contribution in [0.5, 0.6) is 5.75 Å². The van der Waals surface area contributed by atoms with Crippen LogP contribution in [-0.2, 0) is 26.2 Å². The smallest absolute Gasteiger partial charge is 0.244 e. The maximum Gasteiger partial charge on any atom is 0.244 e. The molecule has 2 aromatic rings. The minimum Gasteiger partial charge on any atom is -0.497 e. The van der Waals surface area contributed by atoms with Gasteiger partial charge in [-0.05, 0) is 50.1 Å².